The zero-order valence-electron chi connectivity index (χ0n) is 9.21. The first-order valence-corrected chi connectivity index (χ1v) is 6.16. The van der Waals surface area contributed by atoms with Crippen LogP contribution in [0.25, 0.3) is 0 Å². The van der Waals surface area contributed by atoms with Gasteiger partial charge in [-0.3, -0.25) is 0 Å². The SMILES string of the molecule is CC1CCC(C(CO)NC2CC2)CC1. The molecule has 2 nitrogen and oxygen atoms in total. The molecule has 0 radical (unpaired) electrons. The van der Waals surface area contributed by atoms with Crippen LogP contribution in [-0.2, 0) is 0 Å². The fraction of sp³-hybridized carbons (Fsp3) is 1.00. The average Bonchev–Trinajstić information content (AvgIpc) is 3.00. The van der Waals surface area contributed by atoms with E-state index in [1.807, 2.05) is 0 Å². The molecule has 0 saturated heterocycles. The molecule has 0 heterocycles. The lowest BCUT2D eigenvalue weighted by molar-refractivity contribution is 0.156. The Balaban J connectivity index is 1.78. The van der Waals surface area contributed by atoms with E-state index >= 15 is 0 Å². The van der Waals surface area contributed by atoms with Gasteiger partial charge >= 0.3 is 0 Å². The first-order valence-electron chi connectivity index (χ1n) is 6.16. The highest BCUT2D eigenvalue weighted by molar-refractivity contribution is 4.88. The lowest BCUT2D eigenvalue weighted by atomic mass is 9.79. The minimum Gasteiger partial charge on any atom is -0.395 e. The average molecular weight is 197 g/mol. The molecule has 0 aromatic heterocycles. The number of aliphatic hydroxyl groups excluding tert-OH is 1. The molecule has 2 heteroatoms. The van der Waals surface area contributed by atoms with Gasteiger partial charge in [-0.05, 0) is 37.5 Å². The summed E-state index contributed by atoms with van der Waals surface area (Å²) in [5, 5.41) is 12.9. The van der Waals surface area contributed by atoms with Crippen molar-refractivity contribution in [2.24, 2.45) is 11.8 Å². The molecule has 0 amide bonds. The summed E-state index contributed by atoms with van der Waals surface area (Å²) in [5.74, 6) is 1.64. The van der Waals surface area contributed by atoms with Crippen LogP contribution in [0.15, 0.2) is 0 Å². The molecular formula is C12H23NO. The summed E-state index contributed by atoms with van der Waals surface area (Å²) in [6.45, 7) is 2.67. The summed E-state index contributed by atoms with van der Waals surface area (Å²) >= 11 is 0. The first-order chi connectivity index (χ1) is 6.79. The standard InChI is InChI=1S/C12H23NO/c1-9-2-4-10(5-3-9)12(8-14)13-11-6-7-11/h9-14H,2-8H2,1H3. The number of hydrogen-bond acceptors (Lipinski definition) is 2. The summed E-state index contributed by atoms with van der Waals surface area (Å²) in [5.41, 5.74) is 0. The van der Waals surface area contributed by atoms with Gasteiger partial charge in [-0.2, -0.15) is 0 Å². The molecule has 82 valence electrons. The maximum atomic E-state index is 9.36. The van der Waals surface area contributed by atoms with Crippen molar-refractivity contribution in [2.45, 2.75) is 57.5 Å². The molecule has 2 aliphatic carbocycles. The van der Waals surface area contributed by atoms with Crippen molar-refractivity contribution < 1.29 is 5.11 Å². The zero-order chi connectivity index (χ0) is 9.97. The molecule has 2 aliphatic rings. The Kier molecular flexibility index (Phi) is 3.45. The van der Waals surface area contributed by atoms with Crippen LogP contribution in [0, 0.1) is 11.8 Å². The van der Waals surface area contributed by atoms with Crippen LogP contribution < -0.4 is 5.32 Å². The normalized spacial score (nSPS) is 35.6. The maximum absolute atomic E-state index is 9.36. The highest BCUT2D eigenvalue weighted by Crippen LogP contribution is 2.31. The minimum absolute atomic E-state index is 0.329. The lowest BCUT2D eigenvalue weighted by Crippen LogP contribution is -2.41. The molecule has 1 unspecified atom stereocenters. The molecule has 0 aromatic rings. The van der Waals surface area contributed by atoms with Gasteiger partial charge in [0, 0.05) is 12.1 Å². The summed E-state index contributed by atoms with van der Waals surface area (Å²) in [6, 6.07) is 1.11. The Hall–Kier alpha value is -0.0800. The van der Waals surface area contributed by atoms with E-state index in [-0.39, 0.29) is 0 Å². The van der Waals surface area contributed by atoms with Gasteiger partial charge in [-0.1, -0.05) is 19.8 Å². The third kappa shape index (κ3) is 2.71. The maximum Gasteiger partial charge on any atom is 0.0587 e. The fourth-order valence-electron chi connectivity index (χ4n) is 2.58. The molecule has 0 aromatic carbocycles. The number of nitrogens with one attached hydrogen (secondary N) is 1. The van der Waals surface area contributed by atoms with Crippen molar-refractivity contribution in [1.82, 2.24) is 5.32 Å². The van der Waals surface area contributed by atoms with Crippen LogP contribution in [0.2, 0.25) is 0 Å². The molecular weight excluding hydrogens is 174 g/mol. The topological polar surface area (TPSA) is 32.3 Å². The van der Waals surface area contributed by atoms with Gasteiger partial charge in [-0.25, -0.2) is 0 Å². The van der Waals surface area contributed by atoms with Gasteiger partial charge < -0.3 is 10.4 Å². The molecule has 2 N–H and O–H groups in total. The number of aliphatic hydroxyl groups is 1. The molecule has 14 heavy (non-hydrogen) atoms. The van der Waals surface area contributed by atoms with Crippen molar-refractivity contribution in [2.75, 3.05) is 6.61 Å². The predicted octanol–water partition coefficient (Wildman–Crippen LogP) is 1.93. The van der Waals surface area contributed by atoms with Crippen molar-refractivity contribution in [3.05, 3.63) is 0 Å². The Morgan fingerprint density at radius 3 is 2.29 bits per heavy atom. The molecule has 0 aliphatic heterocycles. The van der Waals surface area contributed by atoms with E-state index in [2.05, 4.69) is 12.2 Å². The summed E-state index contributed by atoms with van der Waals surface area (Å²) in [6.07, 6.45) is 7.97. The van der Waals surface area contributed by atoms with Crippen LogP contribution in [0.5, 0.6) is 0 Å². The van der Waals surface area contributed by atoms with Gasteiger partial charge in [0.1, 0.15) is 0 Å². The van der Waals surface area contributed by atoms with Crippen molar-refractivity contribution in [3.63, 3.8) is 0 Å². The van der Waals surface area contributed by atoms with Crippen LogP contribution >= 0.6 is 0 Å². The van der Waals surface area contributed by atoms with E-state index < -0.39 is 0 Å². The Morgan fingerprint density at radius 1 is 1.14 bits per heavy atom. The molecule has 0 spiro atoms. The predicted molar refractivity (Wildman–Crippen MR) is 58.2 cm³/mol. The highest BCUT2D eigenvalue weighted by atomic mass is 16.3. The number of rotatable bonds is 4. The second kappa shape index (κ2) is 4.63. The van der Waals surface area contributed by atoms with E-state index in [4.69, 9.17) is 0 Å². The second-order valence-electron chi connectivity index (χ2n) is 5.25. The molecule has 0 bridgehead atoms. The first kappa shape index (κ1) is 10.4. The monoisotopic (exact) mass is 197 g/mol. The second-order valence-corrected chi connectivity index (χ2v) is 5.25. The van der Waals surface area contributed by atoms with Gasteiger partial charge in [0.25, 0.3) is 0 Å². The van der Waals surface area contributed by atoms with Crippen LogP contribution in [0.3, 0.4) is 0 Å². The van der Waals surface area contributed by atoms with Crippen molar-refractivity contribution in [1.29, 1.82) is 0 Å². The van der Waals surface area contributed by atoms with E-state index in [9.17, 15) is 5.11 Å². The minimum atomic E-state index is 0.329. The molecule has 2 rings (SSSR count). The summed E-state index contributed by atoms with van der Waals surface area (Å²) in [4.78, 5) is 0. The Morgan fingerprint density at radius 2 is 1.79 bits per heavy atom. The largest absolute Gasteiger partial charge is 0.395 e. The number of hydrogen-bond donors (Lipinski definition) is 2. The van der Waals surface area contributed by atoms with E-state index in [0.717, 1.165) is 17.9 Å². The quantitative estimate of drug-likeness (QED) is 0.721. The van der Waals surface area contributed by atoms with Gasteiger partial charge in [0.15, 0.2) is 0 Å². The third-order valence-electron chi connectivity index (χ3n) is 3.85. The van der Waals surface area contributed by atoms with Crippen molar-refractivity contribution >= 4 is 0 Å². The van der Waals surface area contributed by atoms with Crippen molar-refractivity contribution in [3.8, 4) is 0 Å². The van der Waals surface area contributed by atoms with Crippen LogP contribution in [0.4, 0.5) is 0 Å². The Labute approximate surface area is 87.1 Å². The molecule has 2 saturated carbocycles. The molecule has 1 atom stereocenters. The van der Waals surface area contributed by atoms with Crippen LogP contribution in [-0.4, -0.2) is 23.8 Å². The molecule has 2 fully saturated rings. The van der Waals surface area contributed by atoms with E-state index in [1.54, 1.807) is 0 Å². The summed E-state index contributed by atoms with van der Waals surface area (Å²) in [7, 11) is 0. The third-order valence-corrected chi connectivity index (χ3v) is 3.85. The lowest BCUT2D eigenvalue weighted by Gasteiger charge is -2.32. The van der Waals surface area contributed by atoms with Gasteiger partial charge in [0.05, 0.1) is 6.61 Å². The van der Waals surface area contributed by atoms with Gasteiger partial charge in [0.2, 0.25) is 0 Å². The fourth-order valence-corrected chi connectivity index (χ4v) is 2.58. The Bertz CT molecular complexity index is 171. The smallest absolute Gasteiger partial charge is 0.0587 e. The van der Waals surface area contributed by atoms with Gasteiger partial charge in [-0.15, -0.1) is 0 Å². The highest BCUT2D eigenvalue weighted by Gasteiger charge is 2.30. The zero-order valence-corrected chi connectivity index (χ0v) is 9.21. The van der Waals surface area contributed by atoms with E-state index in [1.165, 1.54) is 38.5 Å². The van der Waals surface area contributed by atoms with Crippen LogP contribution in [0.1, 0.15) is 45.4 Å². The summed E-state index contributed by atoms with van der Waals surface area (Å²) < 4.78 is 0. The van der Waals surface area contributed by atoms with E-state index in [0.29, 0.717) is 12.6 Å².